The van der Waals surface area contributed by atoms with Gasteiger partial charge in [0.05, 0.1) is 37.4 Å². The van der Waals surface area contributed by atoms with Crippen LogP contribution in [-0.2, 0) is 34.1 Å². The number of methoxy groups -OCH3 is 1. The second kappa shape index (κ2) is 17.2. The van der Waals surface area contributed by atoms with Crippen molar-refractivity contribution < 1.29 is 43.7 Å². The van der Waals surface area contributed by atoms with Gasteiger partial charge in [-0.15, -0.1) is 6.58 Å². The first-order chi connectivity index (χ1) is 29.0. The van der Waals surface area contributed by atoms with Crippen LogP contribution in [0.15, 0.2) is 116 Å². The van der Waals surface area contributed by atoms with Crippen LogP contribution in [0.5, 0.6) is 5.75 Å². The first-order valence-corrected chi connectivity index (χ1v) is 19.7. The maximum Gasteiger partial charge on any atom is 0.329 e. The van der Waals surface area contributed by atoms with Crippen molar-refractivity contribution >= 4 is 35.5 Å². The standard InChI is InChI=1S/C47H46N4O9/c1-5-25-48-42(54)36-39-44(56)60-40(31-17-10-7-11-18-31)38(30-15-8-6-9-16-30)51(39)41(32-20-22-33(53)23-21-32)47(36)34-27-29(14-12-13-26-52)19-24-35(34)50(45(47)57)46(58)49-37(28(2)3)43(55)59-4/h5-11,15-24,27-28,36-41,52-53H,1,13,25-26H2,2-4H3,(H,48,54)(H,49,58). The normalized spacial score (nSPS) is 23.5. The second-order valence-corrected chi connectivity index (χ2v) is 15.2. The Morgan fingerprint density at radius 3 is 2.22 bits per heavy atom. The Hall–Kier alpha value is -6.75. The van der Waals surface area contributed by atoms with Crippen LogP contribution in [-0.4, -0.2) is 77.2 Å². The van der Waals surface area contributed by atoms with Crippen LogP contribution in [0.3, 0.4) is 0 Å². The van der Waals surface area contributed by atoms with Gasteiger partial charge < -0.3 is 30.3 Å². The number of nitrogens with one attached hydrogen (secondary N) is 2. The number of ether oxygens (including phenoxy) is 2. The lowest BCUT2D eigenvalue weighted by atomic mass is 9.65. The van der Waals surface area contributed by atoms with E-state index in [4.69, 9.17) is 9.47 Å². The van der Waals surface area contributed by atoms with Gasteiger partial charge >= 0.3 is 18.0 Å². The number of carbonyl (C=O) groups is 5. The molecule has 0 aliphatic carbocycles. The fraction of sp³-hybridized carbons (Fsp3) is 0.298. The fourth-order valence-corrected chi connectivity index (χ4v) is 8.97. The number of benzene rings is 4. The average Bonchev–Trinajstić information content (AvgIpc) is 3.71. The van der Waals surface area contributed by atoms with Crippen molar-refractivity contribution in [1.82, 2.24) is 15.5 Å². The number of urea groups is 1. The number of hydrogen-bond donors (Lipinski definition) is 4. The van der Waals surface area contributed by atoms with Gasteiger partial charge in [0, 0.05) is 18.5 Å². The van der Waals surface area contributed by atoms with Crippen molar-refractivity contribution in [3.8, 4) is 17.6 Å². The van der Waals surface area contributed by atoms with Crippen LogP contribution in [0.1, 0.15) is 66.3 Å². The summed E-state index contributed by atoms with van der Waals surface area (Å²) in [5.41, 5.74) is 0.509. The number of fused-ring (bicyclic) bond motifs is 3. The minimum Gasteiger partial charge on any atom is -0.508 e. The molecule has 7 atom stereocenters. The number of phenols is 1. The van der Waals surface area contributed by atoms with Crippen LogP contribution < -0.4 is 15.5 Å². The van der Waals surface area contributed by atoms with Gasteiger partial charge in [-0.05, 0) is 58.5 Å². The smallest absolute Gasteiger partial charge is 0.329 e. The van der Waals surface area contributed by atoms with Gasteiger partial charge in [-0.2, -0.15) is 0 Å². The van der Waals surface area contributed by atoms with Crippen molar-refractivity contribution in [3.63, 3.8) is 0 Å². The zero-order valence-corrected chi connectivity index (χ0v) is 33.4. The summed E-state index contributed by atoms with van der Waals surface area (Å²) in [7, 11) is 1.20. The Morgan fingerprint density at radius 2 is 1.60 bits per heavy atom. The first-order valence-electron chi connectivity index (χ1n) is 19.7. The zero-order valence-electron chi connectivity index (χ0n) is 33.4. The molecule has 13 nitrogen and oxygen atoms in total. The molecule has 2 fully saturated rings. The van der Waals surface area contributed by atoms with Crippen LogP contribution in [0.4, 0.5) is 10.5 Å². The Kier molecular flexibility index (Phi) is 11.9. The molecule has 2 saturated heterocycles. The monoisotopic (exact) mass is 810 g/mol. The van der Waals surface area contributed by atoms with Gasteiger partial charge in [-0.25, -0.2) is 14.5 Å². The molecule has 308 valence electrons. The Bertz CT molecular complexity index is 2360. The molecule has 4 N–H and O–H groups in total. The van der Waals surface area contributed by atoms with E-state index in [2.05, 4.69) is 29.1 Å². The van der Waals surface area contributed by atoms with Crippen LogP contribution in [0.25, 0.3) is 0 Å². The van der Waals surface area contributed by atoms with E-state index >= 15 is 9.59 Å². The quantitative estimate of drug-likeness (QED) is 0.0970. The molecule has 13 heteroatoms. The predicted molar refractivity (Wildman–Crippen MR) is 221 cm³/mol. The first kappa shape index (κ1) is 41.4. The number of carbonyl (C=O) groups excluding carboxylic acids is 5. The van der Waals surface area contributed by atoms with E-state index < -0.39 is 77.3 Å². The molecular weight excluding hydrogens is 765 g/mol. The van der Waals surface area contributed by atoms with E-state index in [-0.39, 0.29) is 36.6 Å². The number of cyclic esters (lactones) is 1. The number of anilines is 1. The van der Waals surface area contributed by atoms with Crippen molar-refractivity contribution in [2.24, 2.45) is 11.8 Å². The highest BCUT2D eigenvalue weighted by Crippen LogP contribution is 2.66. The molecule has 7 rings (SSSR count). The van der Waals surface area contributed by atoms with Gasteiger partial charge in [0.25, 0.3) is 0 Å². The minimum atomic E-state index is -2.07. The topological polar surface area (TPSA) is 175 Å². The molecule has 3 aliphatic heterocycles. The molecule has 3 aliphatic rings. The number of hydrogen-bond acceptors (Lipinski definition) is 10. The Morgan fingerprint density at radius 1 is 0.933 bits per heavy atom. The van der Waals surface area contributed by atoms with Crippen molar-refractivity contribution in [3.05, 3.63) is 144 Å². The number of aromatic hydroxyl groups is 1. The summed E-state index contributed by atoms with van der Waals surface area (Å²) in [6, 6.07) is 24.0. The predicted octanol–water partition coefficient (Wildman–Crippen LogP) is 5.00. The molecule has 60 heavy (non-hydrogen) atoms. The molecule has 4 aromatic rings. The summed E-state index contributed by atoms with van der Waals surface area (Å²) in [6.07, 6.45) is 0.704. The number of amides is 4. The van der Waals surface area contributed by atoms with E-state index in [1.54, 1.807) is 44.2 Å². The summed E-state index contributed by atoms with van der Waals surface area (Å²) >= 11 is 0. The Balaban J connectivity index is 1.58. The lowest BCUT2D eigenvalue weighted by Gasteiger charge is -2.46. The lowest BCUT2D eigenvalue weighted by Crippen LogP contribution is -2.57. The number of rotatable bonds is 10. The van der Waals surface area contributed by atoms with Gasteiger partial charge in [0.1, 0.15) is 29.4 Å². The molecule has 1 spiro atoms. The number of imide groups is 1. The number of nitrogens with zero attached hydrogens (tertiary/aromatic N) is 2. The molecule has 3 heterocycles. The highest BCUT2D eigenvalue weighted by Gasteiger charge is 2.75. The van der Waals surface area contributed by atoms with Gasteiger partial charge in [0.15, 0.2) is 0 Å². The minimum absolute atomic E-state index is 0.0149. The van der Waals surface area contributed by atoms with Crippen molar-refractivity contribution in [2.75, 3.05) is 25.2 Å². The fourth-order valence-electron chi connectivity index (χ4n) is 8.97. The molecule has 0 saturated carbocycles. The molecular formula is C47H46N4O9. The van der Waals surface area contributed by atoms with Gasteiger partial charge in [-0.1, -0.05) is 105 Å². The third-order valence-electron chi connectivity index (χ3n) is 11.4. The number of phenolic OH excluding ortho intramolecular Hbond substituents is 1. The largest absolute Gasteiger partial charge is 0.508 e. The highest BCUT2D eigenvalue weighted by molar-refractivity contribution is 6.25. The number of aliphatic hydroxyl groups is 1. The summed E-state index contributed by atoms with van der Waals surface area (Å²) < 4.78 is 11.4. The molecule has 4 amide bonds. The van der Waals surface area contributed by atoms with E-state index in [0.29, 0.717) is 16.7 Å². The number of aliphatic hydroxyl groups excluding tert-OH is 1. The molecule has 0 aromatic heterocycles. The average molecular weight is 811 g/mol. The van der Waals surface area contributed by atoms with E-state index in [0.717, 1.165) is 10.5 Å². The van der Waals surface area contributed by atoms with Gasteiger partial charge in [-0.3, -0.25) is 19.3 Å². The summed E-state index contributed by atoms with van der Waals surface area (Å²) in [5.74, 6) is 0.874. The van der Waals surface area contributed by atoms with Crippen LogP contribution >= 0.6 is 0 Å². The summed E-state index contributed by atoms with van der Waals surface area (Å²) in [6.45, 7) is 6.99. The highest BCUT2D eigenvalue weighted by atomic mass is 16.6. The van der Waals surface area contributed by atoms with E-state index in [9.17, 15) is 24.6 Å². The van der Waals surface area contributed by atoms with E-state index in [1.807, 2.05) is 65.6 Å². The number of morpholine rings is 1. The van der Waals surface area contributed by atoms with Crippen molar-refractivity contribution in [2.45, 2.75) is 56.0 Å². The molecule has 0 radical (unpaired) electrons. The third-order valence-corrected chi connectivity index (χ3v) is 11.4. The molecule has 7 unspecified atom stereocenters. The molecule has 0 bridgehead atoms. The van der Waals surface area contributed by atoms with Crippen molar-refractivity contribution in [1.29, 1.82) is 0 Å². The maximum absolute atomic E-state index is 16.1. The zero-order chi connectivity index (χ0) is 42.7. The number of esters is 2. The maximum atomic E-state index is 16.1. The summed E-state index contributed by atoms with van der Waals surface area (Å²) in [4.78, 5) is 76.7. The SMILES string of the molecule is C=CCNC(=O)C1C2C(=O)OC(c3ccccc3)C(c3ccccc3)N2C(c2ccc(O)cc2)C12C(=O)N(C(=O)NC(C(=O)OC)C(C)C)c1ccc(C#CCCO)cc12. The lowest BCUT2D eigenvalue weighted by molar-refractivity contribution is -0.178. The second-order valence-electron chi connectivity index (χ2n) is 15.2. The molecule has 4 aromatic carbocycles. The van der Waals surface area contributed by atoms with Gasteiger partial charge in [0.2, 0.25) is 11.8 Å². The van der Waals surface area contributed by atoms with Crippen LogP contribution in [0.2, 0.25) is 0 Å². The third kappa shape index (κ3) is 7.07. The summed E-state index contributed by atoms with van der Waals surface area (Å²) in [5, 5.41) is 25.7. The Labute approximate surface area is 348 Å². The van der Waals surface area contributed by atoms with E-state index in [1.165, 1.54) is 25.3 Å². The van der Waals surface area contributed by atoms with Crippen LogP contribution in [0, 0.1) is 23.7 Å².